The van der Waals surface area contributed by atoms with Crippen molar-refractivity contribution in [1.29, 1.82) is 0 Å². The number of unbranched alkanes of at least 4 members (excludes halogenated alkanes) is 16. The lowest BCUT2D eigenvalue weighted by molar-refractivity contribution is -0.116. The summed E-state index contributed by atoms with van der Waals surface area (Å²) in [4.78, 5) is 30.3. The van der Waals surface area contributed by atoms with E-state index in [0.717, 1.165) is 48.4 Å². The van der Waals surface area contributed by atoms with Gasteiger partial charge in [-0.1, -0.05) is 117 Å². The Morgan fingerprint density at radius 3 is 1.17 bits per heavy atom. The largest absolute Gasteiger partial charge is 0.399 e. The van der Waals surface area contributed by atoms with E-state index in [2.05, 4.69) is 29.1 Å². The highest BCUT2D eigenvalue weighted by Crippen LogP contribution is 2.13. The first kappa shape index (κ1) is 67.0. The maximum Gasteiger partial charge on any atom is 0.224 e. The number of anilines is 2. The summed E-state index contributed by atoms with van der Waals surface area (Å²) in [6, 6.07) is 7.34. The maximum absolute atomic E-state index is 11.8. The number of hydrogen-bond acceptors (Lipinski definition) is 7. The number of amides is 1. The molecule has 6 nitrogen and oxygen atoms in total. The molecule has 0 bridgehead atoms. The van der Waals surface area contributed by atoms with Gasteiger partial charge in [-0.2, -0.15) is 0 Å². The van der Waals surface area contributed by atoms with E-state index in [9.17, 15) is 9.59 Å². The van der Waals surface area contributed by atoms with E-state index in [1.807, 2.05) is 32.0 Å². The smallest absolute Gasteiger partial charge is 0.224 e. The molecule has 0 saturated heterocycles. The maximum atomic E-state index is 11.8. The number of nitrogen functional groups attached to an aromatic ring is 1. The van der Waals surface area contributed by atoms with Crippen molar-refractivity contribution in [2.75, 3.05) is 11.1 Å². The van der Waals surface area contributed by atoms with Gasteiger partial charge in [0, 0.05) is 230 Å². The first-order valence-electron chi connectivity index (χ1n) is 20.0. The number of carbonyl (C=O) groups is 2. The number of nitrogens with two attached hydrogens (primary N) is 1. The molecule has 2 aromatic rings. The molecule has 63 heavy (non-hydrogen) atoms. The lowest BCUT2D eigenvalue weighted by Crippen LogP contribution is -2.11. The topological polar surface area (TPSA) is 98.0 Å². The summed E-state index contributed by atoms with van der Waals surface area (Å²) >= 11 is 14.7. The Hall–Kier alpha value is 1.93. The van der Waals surface area contributed by atoms with Crippen molar-refractivity contribution in [3.63, 3.8) is 0 Å². The lowest BCUT2D eigenvalue weighted by Gasteiger charge is -2.05. The number of halogens is 1. The Bertz CT molecular complexity index is 2280. The SMILES string of the molecule is CCCCCCCCCCCC(=O)Cl.CCCCCCCCCCCC(=O)Nc1ccnc(C)c1.Cc1cc(N)ccn1.S=S=S=S=S=S=S=S=S=S=S=S=S=S=S=S=S=S=S=S. The average molecular weight is 1260 g/mol. The number of rotatable bonds is 21. The predicted octanol–water partition coefficient (Wildman–Crippen LogP) is 10.8. The second-order valence-electron chi connectivity index (χ2n) is 12.7. The number of nitrogens with zero attached hydrogens (tertiary/aromatic N) is 2. The van der Waals surface area contributed by atoms with E-state index in [-0.39, 0.29) is 11.1 Å². The van der Waals surface area contributed by atoms with Gasteiger partial charge in [-0.25, -0.2) is 0 Å². The van der Waals surface area contributed by atoms with E-state index < -0.39 is 0 Å². The molecule has 0 aliphatic rings. The van der Waals surface area contributed by atoms with Crippen molar-refractivity contribution in [2.45, 2.75) is 156 Å². The van der Waals surface area contributed by atoms with E-state index in [0.29, 0.717) is 12.8 Å². The predicted molar refractivity (Wildman–Crippen MR) is 333 cm³/mol. The van der Waals surface area contributed by atoms with Crippen LogP contribution in [-0.4, -0.2) is 21.1 Å². The van der Waals surface area contributed by atoms with Crippen LogP contribution in [0.15, 0.2) is 36.7 Å². The van der Waals surface area contributed by atoms with Crippen LogP contribution in [0.2, 0.25) is 0 Å². The molecule has 3 N–H and O–H groups in total. The average Bonchev–Trinajstić information content (AvgIpc) is 3.25. The molecule has 0 aliphatic carbocycles. The summed E-state index contributed by atoms with van der Waals surface area (Å²) in [6.45, 7) is 8.33. The summed E-state index contributed by atoms with van der Waals surface area (Å²) in [6.07, 6.45) is 27.6. The molecular formula is C36H61ClN4O2S20. The molecule has 2 aromatic heterocycles. The molecule has 0 fully saturated rings. The second-order valence-corrected chi connectivity index (χ2v) is 45.0. The third-order valence-electron chi connectivity index (χ3n) is 7.56. The molecule has 0 atom stereocenters. The number of nitrogens with one attached hydrogen (secondary N) is 1. The van der Waals surface area contributed by atoms with Gasteiger partial charge in [-0.15, -0.1) is 0 Å². The number of hydrogen-bond donors (Lipinski definition) is 2. The van der Waals surface area contributed by atoms with Gasteiger partial charge in [0.15, 0.2) is 0 Å². The zero-order valence-corrected chi connectivity index (χ0v) is 53.0. The molecule has 0 saturated carbocycles. The Kier molecular flexibility index (Phi) is 60.1. The van der Waals surface area contributed by atoms with Gasteiger partial charge >= 0.3 is 0 Å². The van der Waals surface area contributed by atoms with Crippen LogP contribution in [0.1, 0.15) is 154 Å². The molecule has 0 aliphatic heterocycles. The normalized spacial score (nSPS) is 9.35. The zero-order valence-electron chi connectivity index (χ0n) is 35.9. The Labute approximate surface area is 444 Å². The van der Waals surface area contributed by atoms with Crippen LogP contribution in [0, 0.1) is 13.8 Å². The minimum absolute atomic E-state index is 0.114. The summed E-state index contributed by atoms with van der Waals surface area (Å²) in [5.41, 5.74) is 8.93. The van der Waals surface area contributed by atoms with E-state index in [4.69, 9.17) is 39.7 Å². The Morgan fingerprint density at radius 1 is 0.524 bits per heavy atom. The molecular weight excluding hydrogens is 1200 g/mol. The molecule has 2 rings (SSSR count). The van der Waals surface area contributed by atoms with Crippen molar-refractivity contribution in [3.05, 3.63) is 48.0 Å². The summed E-state index contributed by atoms with van der Waals surface area (Å²) < 4.78 is 0. The molecule has 0 radical (unpaired) electrons. The van der Waals surface area contributed by atoms with Crippen LogP contribution >= 0.6 is 11.6 Å². The van der Waals surface area contributed by atoms with Crippen molar-refractivity contribution >= 4 is 216 Å². The van der Waals surface area contributed by atoms with Crippen molar-refractivity contribution < 1.29 is 9.59 Å². The highest BCUT2D eigenvalue weighted by atomic mass is 35.5. The monoisotopic (exact) mass is 1260 g/mol. The van der Waals surface area contributed by atoms with Crippen LogP contribution < -0.4 is 11.1 Å². The van der Waals surface area contributed by atoms with Gasteiger partial charge in [0.1, 0.15) is 0 Å². The second kappa shape index (κ2) is 56.5. The van der Waals surface area contributed by atoms with Crippen LogP contribution in [0.3, 0.4) is 0 Å². The summed E-state index contributed by atoms with van der Waals surface area (Å²) in [5.74, 6) is 0.114. The molecule has 0 aromatic carbocycles. The Morgan fingerprint density at radius 2 is 0.857 bits per heavy atom. The number of carbonyl (C=O) groups excluding carboxylic acids is 2. The van der Waals surface area contributed by atoms with E-state index in [1.165, 1.54) is 108 Å². The summed E-state index contributed by atoms with van der Waals surface area (Å²) in [5, 5.41) is 2.74. The molecule has 0 unspecified atom stereocenters. The Balaban J connectivity index is 0. The molecule has 0 spiro atoms. The highest BCUT2D eigenvalue weighted by Gasteiger charge is 2.03. The first-order chi connectivity index (χ1) is 30.7. The van der Waals surface area contributed by atoms with Gasteiger partial charge in [-0.3, -0.25) is 19.6 Å². The van der Waals surface area contributed by atoms with Crippen LogP contribution in [0.4, 0.5) is 11.4 Å². The third kappa shape index (κ3) is 58.2. The van der Waals surface area contributed by atoms with Gasteiger partial charge < -0.3 is 11.1 Å². The van der Waals surface area contributed by atoms with Crippen LogP contribution in [0.5, 0.6) is 0 Å². The number of aromatic nitrogens is 2. The van der Waals surface area contributed by atoms with Crippen LogP contribution in [0.25, 0.3) is 0 Å². The number of aryl methyl sites for hydroxylation is 2. The molecule has 2 heterocycles. The highest BCUT2D eigenvalue weighted by molar-refractivity contribution is 8.78. The first-order valence-corrected chi connectivity index (χ1v) is 45.7. The van der Waals surface area contributed by atoms with Crippen LogP contribution in [-0.2, 0) is 192 Å². The fraction of sp³-hybridized carbons (Fsp3) is 0.667. The van der Waals surface area contributed by atoms with Gasteiger partial charge in [-0.05, 0) is 62.6 Å². The standard InChI is InChI=1S/C18H30N2O.C12H23ClO.C6H8N2.S20/c1-3-4-5-6-7-8-9-10-11-12-18(21)20-17-13-14-19-16(2)15-17;1-2-3-4-5-6-7-8-9-10-11-12(13)14;1-5-4-6(7)2-3-8-5;1-3-5-7-9-11-13-15-17-19-20-18-16-14-12-10-8-6-4-2/h13-15H,3-12H2,1-2H3,(H,19,20,21);2-11H2,1H3;2-4H,1H3,(H2,7,8);. The fourth-order valence-electron chi connectivity index (χ4n) is 4.77. The molecule has 1 amide bonds. The fourth-order valence-corrected chi connectivity index (χ4v) is 48.8. The lowest BCUT2D eigenvalue weighted by atomic mass is 10.1. The van der Waals surface area contributed by atoms with E-state index in [1.54, 1.807) is 161 Å². The van der Waals surface area contributed by atoms with Crippen molar-refractivity contribution in [2.24, 2.45) is 0 Å². The molecule has 364 valence electrons. The quantitative estimate of drug-likeness (QED) is 0.0949. The number of pyridine rings is 2. The van der Waals surface area contributed by atoms with Gasteiger partial charge in [0.05, 0.1) is 0 Å². The van der Waals surface area contributed by atoms with Crippen molar-refractivity contribution in [1.82, 2.24) is 9.97 Å². The molecule has 27 heteroatoms. The van der Waals surface area contributed by atoms with Crippen molar-refractivity contribution in [3.8, 4) is 0 Å². The van der Waals surface area contributed by atoms with Gasteiger partial charge in [0.25, 0.3) is 0 Å². The van der Waals surface area contributed by atoms with E-state index >= 15 is 0 Å². The zero-order chi connectivity index (χ0) is 46.7. The minimum atomic E-state index is -0.187. The minimum Gasteiger partial charge on any atom is -0.399 e. The third-order valence-corrected chi connectivity index (χ3v) is 45.5. The van der Waals surface area contributed by atoms with Gasteiger partial charge in [0.2, 0.25) is 11.1 Å². The summed E-state index contributed by atoms with van der Waals surface area (Å²) in [7, 11) is 30.8.